The van der Waals surface area contributed by atoms with Crippen LogP contribution >= 0.6 is 0 Å². The summed E-state index contributed by atoms with van der Waals surface area (Å²) < 4.78 is 5.44. The van der Waals surface area contributed by atoms with Crippen LogP contribution in [0, 0.1) is 0 Å². The summed E-state index contributed by atoms with van der Waals surface area (Å²) in [7, 11) is 3.22. The van der Waals surface area contributed by atoms with Gasteiger partial charge in [-0.2, -0.15) is 0 Å². The molecule has 9 heteroatoms. The summed E-state index contributed by atoms with van der Waals surface area (Å²) >= 11 is 0. The van der Waals surface area contributed by atoms with E-state index in [-0.39, 0.29) is 18.5 Å². The third kappa shape index (κ3) is 4.35. The summed E-state index contributed by atoms with van der Waals surface area (Å²) in [6, 6.07) is -0.796. The molecule has 2 aliphatic rings. The lowest BCUT2D eigenvalue weighted by Crippen LogP contribution is -2.74. The van der Waals surface area contributed by atoms with Crippen LogP contribution in [-0.4, -0.2) is 94.9 Å². The number of β-lactam (4-membered cyclic amide) rings is 1. The highest BCUT2D eigenvalue weighted by atomic mass is 16.6. The molecule has 0 aromatic carbocycles. The van der Waals surface area contributed by atoms with Crippen molar-refractivity contribution in [1.82, 2.24) is 20.0 Å². The molecule has 9 nitrogen and oxygen atoms in total. The van der Waals surface area contributed by atoms with Gasteiger partial charge in [-0.1, -0.05) is 0 Å². The predicted octanol–water partition coefficient (Wildman–Crippen LogP) is -0.0170. The van der Waals surface area contributed by atoms with Crippen molar-refractivity contribution in [2.24, 2.45) is 0 Å². The minimum Gasteiger partial charge on any atom is -0.444 e. The Labute approximate surface area is 160 Å². The van der Waals surface area contributed by atoms with Crippen molar-refractivity contribution in [3.8, 4) is 0 Å². The van der Waals surface area contributed by atoms with E-state index < -0.39 is 29.4 Å². The summed E-state index contributed by atoms with van der Waals surface area (Å²) in [4.78, 5) is 41.9. The molecule has 0 aromatic heterocycles. The topological polar surface area (TPSA) is 102 Å². The average Bonchev–Trinajstić information content (AvgIpc) is 2.98. The minimum atomic E-state index is -0.894. The van der Waals surface area contributed by atoms with Gasteiger partial charge in [0.05, 0.1) is 19.3 Å². The number of nitrogens with one attached hydrogen (secondary N) is 1. The third-order valence-corrected chi connectivity index (χ3v) is 4.93. The lowest BCUT2D eigenvalue weighted by atomic mass is 9.86. The SMILES string of the molecule is C[C@@H](O)[C@H](NCN1CC2(CCCN2C(=O)OC(C)(C)C)C1=O)C(=O)N(C)C. The first-order valence-electron chi connectivity index (χ1n) is 9.32. The fourth-order valence-corrected chi connectivity index (χ4v) is 3.59. The van der Waals surface area contributed by atoms with Gasteiger partial charge in [-0.3, -0.25) is 19.8 Å². The maximum Gasteiger partial charge on any atom is 0.411 e. The first-order chi connectivity index (χ1) is 12.4. The quantitative estimate of drug-likeness (QED) is 0.646. The van der Waals surface area contributed by atoms with Gasteiger partial charge in [0.2, 0.25) is 5.91 Å². The molecule has 2 heterocycles. The molecule has 2 N–H and O–H groups in total. The number of carbonyl (C=O) groups excluding carboxylic acids is 3. The molecule has 0 aromatic rings. The normalized spacial score (nSPS) is 24.6. The van der Waals surface area contributed by atoms with Gasteiger partial charge >= 0.3 is 6.09 Å². The third-order valence-electron chi connectivity index (χ3n) is 4.93. The predicted molar refractivity (Wildman–Crippen MR) is 98.8 cm³/mol. The zero-order chi connectivity index (χ0) is 20.6. The van der Waals surface area contributed by atoms with Gasteiger partial charge in [-0.05, 0) is 40.5 Å². The van der Waals surface area contributed by atoms with Crippen LogP contribution in [0.4, 0.5) is 4.79 Å². The Morgan fingerprint density at radius 2 is 2.00 bits per heavy atom. The van der Waals surface area contributed by atoms with E-state index in [1.807, 2.05) is 0 Å². The number of likely N-dealkylation sites (N-methyl/N-ethyl adjacent to an activating group) is 1. The number of aliphatic hydroxyl groups is 1. The molecule has 0 radical (unpaired) electrons. The van der Waals surface area contributed by atoms with Crippen molar-refractivity contribution in [2.75, 3.05) is 33.9 Å². The van der Waals surface area contributed by atoms with Crippen LogP contribution in [-0.2, 0) is 14.3 Å². The fraction of sp³-hybridized carbons (Fsp3) is 0.833. The number of carbonyl (C=O) groups is 3. The van der Waals surface area contributed by atoms with Crippen LogP contribution in [0.25, 0.3) is 0 Å². The molecule has 3 atom stereocenters. The summed E-state index contributed by atoms with van der Waals surface area (Å²) in [5.74, 6) is -0.413. The summed E-state index contributed by atoms with van der Waals surface area (Å²) in [6.45, 7) is 7.94. The van der Waals surface area contributed by atoms with Crippen LogP contribution in [0.5, 0.6) is 0 Å². The second-order valence-electron chi connectivity index (χ2n) is 8.58. The molecule has 154 valence electrons. The van der Waals surface area contributed by atoms with E-state index in [1.165, 1.54) is 16.7 Å². The smallest absolute Gasteiger partial charge is 0.411 e. The van der Waals surface area contributed by atoms with Crippen molar-refractivity contribution in [1.29, 1.82) is 0 Å². The van der Waals surface area contributed by atoms with E-state index in [2.05, 4.69) is 5.32 Å². The Bertz CT molecular complexity index is 601. The maximum atomic E-state index is 12.8. The lowest BCUT2D eigenvalue weighted by molar-refractivity contribution is -0.162. The molecule has 2 saturated heterocycles. The van der Waals surface area contributed by atoms with Crippen molar-refractivity contribution in [3.63, 3.8) is 0 Å². The van der Waals surface area contributed by atoms with Crippen LogP contribution in [0.1, 0.15) is 40.5 Å². The van der Waals surface area contributed by atoms with Crippen molar-refractivity contribution in [3.05, 3.63) is 0 Å². The van der Waals surface area contributed by atoms with E-state index >= 15 is 0 Å². The Morgan fingerprint density at radius 3 is 2.48 bits per heavy atom. The van der Waals surface area contributed by atoms with Gasteiger partial charge < -0.3 is 19.6 Å². The molecule has 0 saturated carbocycles. The highest BCUT2D eigenvalue weighted by Gasteiger charge is 2.60. The molecule has 0 aliphatic carbocycles. The number of likely N-dealkylation sites (tertiary alicyclic amines) is 2. The van der Waals surface area contributed by atoms with Crippen LogP contribution in [0.15, 0.2) is 0 Å². The number of hydrogen-bond donors (Lipinski definition) is 2. The van der Waals surface area contributed by atoms with Gasteiger partial charge in [0.15, 0.2) is 0 Å². The molecule has 0 bridgehead atoms. The van der Waals surface area contributed by atoms with Gasteiger partial charge in [0.1, 0.15) is 17.2 Å². The summed E-state index contributed by atoms with van der Waals surface area (Å²) in [5.41, 5.74) is -1.46. The molecule has 3 amide bonds. The summed E-state index contributed by atoms with van der Waals surface area (Å²) in [5, 5.41) is 12.8. The maximum absolute atomic E-state index is 12.8. The van der Waals surface area contributed by atoms with Crippen molar-refractivity contribution in [2.45, 2.75) is 63.8 Å². The van der Waals surface area contributed by atoms with Gasteiger partial charge in [-0.25, -0.2) is 4.79 Å². The molecule has 2 fully saturated rings. The second-order valence-corrected chi connectivity index (χ2v) is 8.58. The Morgan fingerprint density at radius 1 is 1.37 bits per heavy atom. The lowest BCUT2D eigenvalue weighted by Gasteiger charge is -2.51. The second kappa shape index (κ2) is 7.63. The zero-order valence-corrected chi connectivity index (χ0v) is 17.1. The number of ether oxygens (including phenoxy) is 1. The highest BCUT2D eigenvalue weighted by Crippen LogP contribution is 2.39. The fourth-order valence-electron chi connectivity index (χ4n) is 3.59. The minimum absolute atomic E-state index is 0.137. The van der Waals surface area contributed by atoms with E-state index in [9.17, 15) is 19.5 Å². The van der Waals surface area contributed by atoms with E-state index in [4.69, 9.17) is 4.74 Å². The molecule has 2 rings (SSSR count). The Hall–Kier alpha value is -1.87. The number of rotatable bonds is 5. The largest absolute Gasteiger partial charge is 0.444 e. The van der Waals surface area contributed by atoms with Gasteiger partial charge in [-0.15, -0.1) is 0 Å². The van der Waals surface area contributed by atoms with Crippen molar-refractivity contribution < 1.29 is 24.2 Å². The molecule has 1 spiro atoms. The van der Waals surface area contributed by atoms with Crippen LogP contribution in [0.3, 0.4) is 0 Å². The van der Waals surface area contributed by atoms with Crippen LogP contribution in [0.2, 0.25) is 0 Å². The monoisotopic (exact) mass is 384 g/mol. The van der Waals surface area contributed by atoms with Crippen LogP contribution < -0.4 is 5.32 Å². The number of amides is 3. The first-order valence-corrected chi connectivity index (χ1v) is 9.32. The number of nitrogens with zero attached hydrogens (tertiary/aromatic N) is 3. The van der Waals surface area contributed by atoms with Gasteiger partial charge in [0, 0.05) is 20.6 Å². The molecule has 27 heavy (non-hydrogen) atoms. The van der Waals surface area contributed by atoms with E-state index in [1.54, 1.807) is 39.8 Å². The van der Waals surface area contributed by atoms with Crippen molar-refractivity contribution >= 4 is 17.9 Å². The molecule has 1 unspecified atom stereocenters. The standard InChI is InChI=1S/C18H32N4O5/c1-12(23)13(14(24)20(5)6)19-11-21-10-18(15(21)25)8-7-9-22(18)16(26)27-17(2,3)4/h12-13,19,23H,7-11H2,1-6H3/t12-,13+,18?/m1/s1. The Kier molecular flexibility index (Phi) is 6.06. The first kappa shape index (κ1) is 21.4. The number of hydrogen-bond acceptors (Lipinski definition) is 6. The zero-order valence-electron chi connectivity index (χ0n) is 17.1. The van der Waals surface area contributed by atoms with E-state index in [0.717, 1.165) is 6.42 Å². The average molecular weight is 384 g/mol. The Balaban J connectivity index is 1.98. The van der Waals surface area contributed by atoms with Gasteiger partial charge in [0.25, 0.3) is 5.91 Å². The number of aliphatic hydroxyl groups excluding tert-OH is 1. The molecule has 2 aliphatic heterocycles. The van der Waals surface area contributed by atoms with E-state index in [0.29, 0.717) is 19.5 Å². The summed E-state index contributed by atoms with van der Waals surface area (Å²) in [6.07, 6.45) is 0.000244. The highest BCUT2D eigenvalue weighted by molar-refractivity contribution is 5.96. The molecular weight excluding hydrogens is 352 g/mol. The molecular formula is C18H32N4O5.